The number of carbonyl (C=O) groups excluding carboxylic acids is 1. The molecule has 0 saturated heterocycles. The monoisotopic (exact) mass is 196 g/mol. The van der Waals surface area contributed by atoms with E-state index < -0.39 is 0 Å². The average Bonchev–Trinajstić information content (AvgIpc) is 2.65. The van der Waals surface area contributed by atoms with E-state index in [1.54, 1.807) is 11.6 Å². The Labute approximate surface area is 81.2 Å². The highest BCUT2D eigenvalue weighted by molar-refractivity contribution is 5.96. The maximum Gasteiger partial charge on any atom is 0.343 e. The zero-order chi connectivity index (χ0) is 10.3. The van der Waals surface area contributed by atoms with Gasteiger partial charge in [-0.05, 0) is 13.8 Å². The highest BCUT2D eigenvalue weighted by Gasteiger charge is 2.28. The number of rotatable bonds is 1. The molecule has 0 fully saturated rings. The van der Waals surface area contributed by atoms with Crippen LogP contribution in [-0.4, -0.2) is 22.9 Å². The molecule has 0 saturated carbocycles. The van der Waals surface area contributed by atoms with Crippen LogP contribution in [0, 0.1) is 6.92 Å². The highest BCUT2D eigenvalue weighted by atomic mass is 16.5. The minimum absolute atomic E-state index is 0.0436. The van der Waals surface area contributed by atoms with Crippen molar-refractivity contribution in [2.24, 2.45) is 0 Å². The van der Waals surface area contributed by atoms with Crippen molar-refractivity contribution in [3.63, 3.8) is 0 Å². The van der Waals surface area contributed by atoms with Crippen molar-refractivity contribution in [2.45, 2.75) is 20.0 Å². The number of carbonyl (C=O) groups is 1. The molecule has 1 aliphatic heterocycles. The third kappa shape index (κ3) is 1.07. The number of methoxy groups -OCH3 is 1. The van der Waals surface area contributed by atoms with Crippen LogP contribution in [-0.2, 0) is 4.74 Å². The van der Waals surface area contributed by atoms with Gasteiger partial charge in [-0.3, -0.25) is 0 Å². The van der Waals surface area contributed by atoms with Crippen molar-refractivity contribution in [1.82, 2.24) is 15.2 Å². The Morgan fingerprint density at radius 1 is 1.64 bits per heavy atom. The van der Waals surface area contributed by atoms with Crippen LogP contribution in [0.1, 0.15) is 29.1 Å². The molecule has 0 aliphatic carbocycles. The van der Waals surface area contributed by atoms with E-state index in [9.17, 15) is 4.79 Å². The summed E-state index contributed by atoms with van der Waals surface area (Å²) in [5.41, 5.74) is 7.02. The second-order valence-electron chi connectivity index (χ2n) is 3.19. The van der Waals surface area contributed by atoms with Gasteiger partial charge in [-0.15, -0.1) is 0 Å². The van der Waals surface area contributed by atoms with E-state index in [0.29, 0.717) is 17.1 Å². The van der Waals surface area contributed by atoms with E-state index in [1.807, 2.05) is 6.92 Å². The number of nitrogens with one attached hydrogen (secondary N) is 2. The van der Waals surface area contributed by atoms with Crippen molar-refractivity contribution in [3.05, 3.63) is 11.3 Å². The molecule has 1 atom stereocenters. The molecule has 1 unspecified atom stereocenters. The molecule has 0 aromatic carbocycles. The van der Waals surface area contributed by atoms with Gasteiger partial charge in [-0.2, -0.15) is 5.10 Å². The lowest BCUT2D eigenvalue weighted by molar-refractivity contribution is 0.0601. The number of aromatic nitrogens is 2. The number of aryl methyl sites for hydroxylation is 1. The third-order valence-corrected chi connectivity index (χ3v) is 2.24. The fourth-order valence-corrected chi connectivity index (χ4v) is 1.53. The number of hydrogen-bond acceptors (Lipinski definition) is 5. The Bertz CT molecular complexity index is 385. The molecule has 2 N–H and O–H groups in total. The summed E-state index contributed by atoms with van der Waals surface area (Å²) in [6.45, 7) is 3.73. The van der Waals surface area contributed by atoms with E-state index in [2.05, 4.69) is 20.7 Å². The summed E-state index contributed by atoms with van der Waals surface area (Å²) in [6.07, 6.45) is 0.0436. The molecule has 6 nitrogen and oxygen atoms in total. The van der Waals surface area contributed by atoms with Gasteiger partial charge in [-0.1, -0.05) is 0 Å². The molecule has 1 aromatic heterocycles. The van der Waals surface area contributed by atoms with Crippen molar-refractivity contribution >= 4 is 11.8 Å². The predicted molar refractivity (Wildman–Crippen MR) is 49.8 cm³/mol. The topological polar surface area (TPSA) is 68.2 Å². The van der Waals surface area contributed by atoms with Gasteiger partial charge >= 0.3 is 5.97 Å². The van der Waals surface area contributed by atoms with E-state index in [1.165, 1.54) is 7.11 Å². The second-order valence-corrected chi connectivity index (χ2v) is 3.19. The zero-order valence-corrected chi connectivity index (χ0v) is 8.29. The van der Waals surface area contributed by atoms with Crippen molar-refractivity contribution in [3.8, 4) is 0 Å². The van der Waals surface area contributed by atoms with Crippen LogP contribution < -0.4 is 10.9 Å². The van der Waals surface area contributed by atoms with Gasteiger partial charge in [0, 0.05) is 0 Å². The molecule has 2 rings (SSSR count). The van der Waals surface area contributed by atoms with Gasteiger partial charge < -0.3 is 10.2 Å². The van der Waals surface area contributed by atoms with Crippen LogP contribution in [0.4, 0.5) is 5.82 Å². The van der Waals surface area contributed by atoms with Crippen molar-refractivity contribution in [1.29, 1.82) is 0 Å². The van der Waals surface area contributed by atoms with E-state index in [-0.39, 0.29) is 12.1 Å². The summed E-state index contributed by atoms with van der Waals surface area (Å²) >= 11 is 0. The molecule has 0 bridgehead atoms. The summed E-state index contributed by atoms with van der Waals surface area (Å²) in [4.78, 5) is 11.4. The molecule has 1 aromatic rings. The molecule has 0 amide bonds. The van der Waals surface area contributed by atoms with Crippen LogP contribution in [0.3, 0.4) is 0 Å². The standard InChI is InChI=1S/C8H12N4O2/c1-4-6(8(13)14-3)7-10-9-5(2)12(7)11-4/h5,9-10H,1-3H3. The summed E-state index contributed by atoms with van der Waals surface area (Å²) in [5, 5.41) is 4.23. The normalized spacial score (nSPS) is 18.9. The lowest BCUT2D eigenvalue weighted by Crippen LogP contribution is -2.20. The number of hydrazine groups is 1. The third-order valence-electron chi connectivity index (χ3n) is 2.24. The van der Waals surface area contributed by atoms with Gasteiger partial charge in [0.15, 0.2) is 5.82 Å². The van der Waals surface area contributed by atoms with Gasteiger partial charge in [-0.25, -0.2) is 14.9 Å². The molecule has 0 radical (unpaired) electrons. The number of ether oxygens (including phenoxy) is 1. The van der Waals surface area contributed by atoms with Gasteiger partial charge in [0.25, 0.3) is 0 Å². The maximum absolute atomic E-state index is 11.4. The second kappa shape index (κ2) is 2.98. The number of esters is 1. The first-order chi connectivity index (χ1) is 6.65. The Balaban J connectivity index is 2.51. The lowest BCUT2D eigenvalue weighted by atomic mass is 10.2. The molecule has 76 valence electrons. The van der Waals surface area contributed by atoms with Crippen LogP contribution in [0.5, 0.6) is 0 Å². The smallest absolute Gasteiger partial charge is 0.343 e. The SMILES string of the molecule is COC(=O)c1c(C)nn2c1NNC2C. The Kier molecular flexibility index (Phi) is 1.92. The first-order valence-corrected chi connectivity index (χ1v) is 4.34. The molecule has 2 heterocycles. The van der Waals surface area contributed by atoms with Gasteiger partial charge in [0.1, 0.15) is 11.7 Å². The Morgan fingerprint density at radius 2 is 2.36 bits per heavy atom. The van der Waals surface area contributed by atoms with Crippen molar-refractivity contribution < 1.29 is 9.53 Å². The van der Waals surface area contributed by atoms with Crippen LogP contribution in [0.15, 0.2) is 0 Å². The fourth-order valence-electron chi connectivity index (χ4n) is 1.53. The summed E-state index contributed by atoms with van der Waals surface area (Å²) in [5.74, 6) is 0.300. The molecule has 14 heavy (non-hydrogen) atoms. The first kappa shape index (κ1) is 9.01. The minimum Gasteiger partial charge on any atom is -0.465 e. The molecule has 1 aliphatic rings. The van der Waals surface area contributed by atoms with Crippen molar-refractivity contribution in [2.75, 3.05) is 12.5 Å². The fraction of sp³-hybridized carbons (Fsp3) is 0.500. The highest BCUT2D eigenvalue weighted by Crippen LogP contribution is 2.26. The lowest BCUT2D eigenvalue weighted by Gasteiger charge is -2.02. The molecular formula is C8H12N4O2. The van der Waals surface area contributed by atoms with Gasteiger partial charge in [0.05, 0.1) is 12.8 Å². The predicted octanol–water partition coefficient (Wildman–Crippen LogP) is 0.427. The first-order valence-electron chi connectivity index (χ1n) is 4.34. The zero-order valence-electron chi connectivity index (χ0n) is 8.29. The Morgan fingerprint density at radius 3 is 3.00 bits per heavy atom. The number of hydrogen-bond donors (Lipinski definition) is 2. The average molecular weight is 196 g/mol. The largest absolute Gasteiger partial charge is 0.465 e. The Hall–Kier alpha value is -1.56. The number of nitrogens with zero attached hydrogens (tertiary/aromatic N) is 2. The van der Waals surface area contributed by atoms with Crippen LogP contribution in [0.2, 0.25) is 0 Å². The van der Waals surface area contributed by atoms with E-state index in [0.717, 1.165) is 0 Å². The molecule has 0 spiro atoms. The maximum atomic E-state index is 11.4. The van der Waals surface area contributed by atoms with E-state index >= 15 is 0 Å². The minimum atomic E-state index is -0.368. The van der Waals surface area contributed by atoms with Gasteiger partial charge in [0.2, 0.25) is 0 Å². The summed E-state index contributed by atoms with van der Waals surface area (Å²) in [6, 6.07) is 0. The molecular weight excluding hydrogens is 184 g/mol. The quantitative estimate of drug-likeness (QED) is 0.637. The van der Waals surface area contributed by atoms with E-state index in [4.69, 9.17) is 0 Å². The summed E-state index contributed by atoms with van der Waals surface area (Å²) in [7, 11) is 1.36. The number of fused-ring (bicyclic) bond motifs is 1. The van der Waals surface area contributed by atoms with Crippen LogP contribution in [0.25, 0.3) is 0 Å². The van der Waals surface area contributed by atoms with Crippen LogP contribution >= 0.6 is 0 Å². The molecule has 6 heteroatoms. The summed E-state index contributed by atoms with van der Waals surface area (Å²) < 4.78 is 6.40. The number of anilines is 1.